The molecule has 0 saturated carbocycles. The fourth-order valence-corrected chi connectivity index (χ4v) is 3.08. The molecule has 7 heteroatoms. The SMILES string of the molecule is CCN(Cc1ccccc1)C(=O)c1ccnc(Nc2ccc3c(c2)OCCO3)n1. The van der Waals surface area contributed by atoms with E-state index in [1.54, 1.807) is 17.2 Å². The normalized spacial score (nSPS) is 12.3. The zero-order chi connectivity index (χ0) is 20.1. The van der Waals surface area contributed by atoms with Gasteiger partial charge in [-0.3, -0.25) is 4.79 Å². The van der Waals surface area contributed by atoms with Crippen molar-refractivity contribution < 1.29 is 14.3 Å². The van der Waals surface area contributed by atoms with Crippen LogP contribution in [0.2, 0.25) is 0 Å². The fourth-order valence-electron chi connectivity index (χ4n) is 3.08. The van der Waals surface area contributed by atoms with Crippen molar-refractivity contribution in [3.63, 3.8) is 0 Å². The highest BCUT2D eigenvalue weighted by molar-refractivity contribution is 5.92. The first-order valence-corrected chi connectivity index (χ1v) is 9.56. The van der Waals surface area contributed by atoms with Gasteiger partial charge in [-0.05, 0) is 30.7 Å². The summed E-state index contributed by atoms with van der Waals surface area (Å²) in [4.78, 5) is 23.3. The Balaban J connectivity index is 1.49. The van der Waals surface area contributed by atoms with Gasteiger partial charge >= 0.3 is 0 Å². The molecule has 1 aliphatic heterocycles. The van der Waals surface area contributed by atoms with Crippen molar-refractivity contribution in [3.8, 4) is 11.5 Å². The van der Waals surface area contributed by atoms with Crippen molar-refractivity contribution in [1.29, 1.82) is 0 Å². The lowest BCUT2D eigenvalue weighted by Crippen LogP contribution is -2.31. The first-order valence-electron chi connectivity index (χ1n) is 9.56. The van der Waals surface area contributed by atoms with E-state index in [2.05, 4.69) is 15.3 Å². The molecule has 2 aromatic carbocycles. The van der Waals surface area contributed by atoms with Gasteiger partial charge in [0, 0.05) is 31.0 Å². The zero-order valence-corrected chi connectivity index (χ0v) is 16.2. The highest BCUT2D eigenvalue weighted by atomic mass is 16.6. The number of aromatic nitrogens is 2. The van der Waals surface area contributed by atoms with Crippen LogP contribution in [0.15, 0.2) is 60.8 Å². The molecule has 4 rings (SSSR count). The van der Waals surface area contributed by atoms with Crippen molar-refractivity contribution >= 4 is 17.5 Å². The molecular formula is C22H22N4O3. The van der Waals surface area contributed by atoms with E-state index in [4.69, 9.17) is 9.47 Å². The number of amides is 1. The maximum Gasteiger partial charge on any atom is 0.272 e. The van der Waals surface area contributed by atoms with E-state index in [0.717, 1.165) is 11.3 Å². The Morgan fingerprint density at radius 1 is 1.07 bits per heavy atom. The number of hydrogen-bond donors (Lipinski definition) is 1. The highest BCUT2D eigenvalue weighted by Gasteiger charge is 2.17. The number of rotatable bonds is 6. The van der Waals surface area contributed by atoms with Crippen molar-refractivity contribution in [1.82, 2.24) is 14.9 Å². The number of nitrogens with zero attached hydrogens (tertiary/aromatic N) is 3. The molecule has 3 aromatic rings. The zero-order valence-electron chi connectivity index (χ0n) is 16.2. The van der Waals surface area contributed by atoms with Crippen LogP contribution in [0.3, 0.4) is 0 Å². The molecule has 1 N–H and O–H groups in total. The van der Waals surface area contributed by atoms with Gasteiger partial charge in [-0.25, -0.2) is 9.97 Å². The number of anilines is 2. The van der Waals surface area contributed by atoms with Crippen LogP contribution >= 0.6 is 0 Å². The topological polar surface area (TPSA) is 76.6 Å². The van der Waals surface area contributed by atoms with Gasteiger partial charge < -0.3 is 19.7 Å². The van der Waals surface area contributed by atoms with Gasteiger partial charge in [-0.2, -0.15) is 0 Å². The summed E-state index contributed by atoms with van der Waals surface area (Å²) >= 11 is 0. The molecule has 1 aliphatic rings. The molecule has 0 spiro atoms. The van der Waals surface area contributed by atoms with Crippen LogP contribution in [-0.4, -0.2) is 40.5 Å². The van der Waals surface area contributed by atoms with E-state index in [-0.39, 0.29) is 5.91 Å². The van der Waals surface area contributed by atoms with Gasteiger partial charge in [0.25, 0.3) is 5.91 Å². The number of ether oxygens (including phenoxy) is 2. The predicted octanol–water partition coefficient (Wildman–Crippen LogP) is 3.65. The molecule has 0 unspecified atom stereocenters. The molecule has 7 nitrogen and oxygen atoms in total. The molecule has 0 atom stereocenters. The van der Waals surface area contributed by atoms with Crippen LogP contribution in [0, 0.1) is 0 Å². The van der Waals surface area contributed by atoms with Crippen molar-refractivity contribution in [3.05, 3.63) is 72.1 Å². The molecule has 0 radical (unpaired) electrons. The van der Waals surface area contributed by atoms with Gasteiger partial charge in [-0.15, -0.1) is 0 Å². The third-order valence-electron chi connectivity index (χ3n) is 4.56. The van der Waals surface area contributed by atoms with Crippen LogP contribution in [0.1, 0.15) is 23.0 Å². The summed E-state index contributed by atoms with van der Waals surface area (Å²) in [5, 5.41) is 3.13. The summed E-state index contributed by atoms with van der Waals surface area (Å²) in [7, 11) is 0. The Morgan fingerprint density at radius 3 is 2.66 bits per heavy atom. The van der Waals surface area contributed by atoms with Crippen LogP contribution in [-0.2, 0) is 6.54 Å². The van der Waals surface area contributed by atoms with Crippen molar-refractivity contribution in [2.75, 3.05) is 25.1 Å². The lowest BCUT2D eigenvalue weighted by molar-refractivity contribution is 0.0746. The minimum absolute atomic E-state index is 0.135. The molecule has 29 heavy (non-hydrogen) atoms. The molecule has 0 aliphatic carbocycles. The van der Waals surface area contributed by atoms with Crippen molar-refractivity contribution in [2.45, 2.75) is 13.5 Å². The average Bonchev–Trinajstić information content (AvgIpc) is 2.78. The number of carbonyl (C=O) groups is 1. The Hall–Kier alpha value is -3.61. The molecule has 2 heterocycles. The molecule has 1 amide bonds. The highest BCUT2D eigenvalue weighted by Crippen LogP contribution is 2.33. The summed E-state index contributed by atoms with van der Waals surface area (Å²) in [6.45, 7) is 4.14. The largest absolute Gasteiger partial charge is 0.486 e. The number of fused-ring (bicyclic) bond motifs is 1. The lowest BCUT2D eigenvalue weighted by atomic mass is 10.2. The minimum Gasteiger partial charge on any atom is -0.486 e. The molecule has 0 bridgehead atoms. The van der Waals surface area contributed by atoms with Gasteiger partial charge in [0.05, 0.1) is 0 Å². The number of benzene rings is 2. The van der Waals surface area contributed by atoms with E-state index in [1.807, 2.05) is 55.5 Å². The van der Waals surface area contributed by atoms with Gasteiger partial charge in [0.2, 0.25) is 5.95 Å². The summed E-state index contributed by atoms with van der Waals surface area (Å²) in [6.07, 6.45) is 1.58. The van der Waals surface area contributed by atoms with Crippen LogP contribution < -0.4 is 14.8 Å². The minimum atomic E-state index is -0.135. The van der Waals surface area contributed by atoms with Crippen LogP contribution in [0.25, 0.3) is 0 Å². The number of hydrogen-bond acceptors (Lipinski definition) is 6. The Kier molecular flexibility index (Phi) is 5.56. The van der Waals surface area contributed by atoms with E-state index < -0.39 is 0 Å². The predicted molar refractivity (Wildman–Crippen MR) is 110 cm³/mol. The number of nitrogens with one attached hydrogen (secondary N) is 1. The monoisotopic (exact) mass is 390 g/mol. The summed E-state index contributed by atoms with van der Waals surface area (Å²) in [6, 6.07) is 17.1. The lowest BCUT2D eigenvalue weighted by Gasteiger charge is -2.21. The van der Waals surface area contributed by atoms with E-state index >= 15 is 0 Å². The molecular weight excluding hydrogens is 368 g/mol. The first-order chi connectivity index (χ1) is 14.2. The summed E-state index contributed by atoms with van der Waals surface area (Å²) in [5.74, 6) is 1.60. The van der Waals surface area contributed by atoms with Gasteiger partial charge in [0.1, 0.15) is 18.9 Å². The van der Waals surface area contributed by atoms with Crippen LogP contribution in [0.4, 0.5) is 11.6 Å². The Morgan fingerprint density at radius 2 is 1.86 bits per heavy atom. The number of carbonyl (C=O) groups excluding carboxylic acids is 1. The maximum absolute atomic E-state index is 12.9. The Labute approximate surface area is 169 Å². The molecule has 0 fully saturated rings. The second-order valence-electron chi connectivity index (χ2n) is 6.55. The van der Waals surface area contributed by atoms with E-state index in [0.29, 0.717) is 49.4 Å². The Bertz CT molecular complexity index is 994. The fraction of sp³-hybridized carbons (Fsp3) is 0.227. The van der Waals surface area contributed by atoms with Gasteiger partial charge in [-0.1, -0.05) is 30.3 Å². The third kappa shape index (κ3) is 4.45. The molecule has 148 valence electrons. The maximum atomic E-state index is 12.9. The first kappa shape index (κ1) is 18.7. The quantitative estimate of drug-likeness (QED) is 0.692. The van der Waals surface area contributed by atoms with E-state index in [9.17, 15) is 4.79 Å². The van der Waals surface area contributed by atoms with Crippen LogP contribution in [0.5, 0.6) is 11.5 Å². The molecule has 1 aromatic heterocycles. The second-order valence-corrected chi connectivity index (χ2v) is 6.55. The third-order valence-corrected chi connectivity index (χ3v) is 4.56. The van der Waals surface area contributed by atoms with Gasteiger partial charge in [0.15, 0.2) is 11.5 Å². The average molecular weight is 390 g/mol. The van der Waals surface area contributed by atoms with Crippen molar-refractivity contribution in [2.24, 2.45) is 0 Å². The smallest absolute Gasteiger partial charge is 0.272 e. The summed E-state index contributed by atoms with van der Waals surface area (Å²) < 4.78 is 11.1. The summed E-state index contributed by atoms with van der Waals surface area (Å²) in [5.41, 5.74) is 2.18. The van der Waals surface area contributed by atoms with E-state index in [1.165, 1.54) is 0 Å². The standard InChI is InChI=1S/C22H22N4O3/c1-2-26(15-16-6-4-3-5-7-16)21(27)18-10-11-23-22(25-18)24-17-8-9-19-20(14-17)29-13-12-28-19/h3-11,14H,2,12-13,15H2,1H3,(H,23,24,25). The molecule has 0 saturated heterocycles. The second kappa shape index (κ2) is 8.60.